The molecule has 0 radical (unpaired) electrons. The molecule has 1 aromatic carbocycles. The molecule has 1 aromatic heterocycles. The summed E-state index contributed by atoms with van der Waals surface area (Å²) in [6.45, 7) is 5.08. The second-order valence-electron chi connectivity index (χ2n) is 7.65. The van der Waals surface area contributed by atoms with Gasteiger partial charge in [-0.15, -0.1) is 10.2 Å². The average molecular weight is 396 g/mol. The number of benzene rings is 1. The zero-order chi connectivity index (χ0) is 20.1. The van der Waals surface area contributed by atoms with Gasteiger partial charge in [-0.1, -0.05) is 18.2 Å². The van der Waals surface area contributed by atoms with Gasteiger partial charge in [-0.25, -0.2) is 0 Å². The van der Waals surface area contributed by atoms with Crippen molar-refractivity contribution in [3.63, 3.8) is 0 Å². The molecule has 0 N–H and O–H groups in total. The van der Waals surface area contributed by atoms with Gasteiger partial charge in [-0.05, 0) is 37.5 Å². The van der Waals surface area contributed by atoms with Crippen molar-refractivity contribution in [1.29, 1.82) is 0 Å². The Morgan fingerprint density at radius 2 is 1.48 bits per heavy atom. The van der Waals surface area contributed by atoms with Crippen LogP contribution >= 0.6 is 0 Å². The van der Waals surface area contributed by atoms with E-state index in [1.165, 1.54) is 19.3 Å². The normalized spacial score (nSPS) is 17.3. The van der Waals surface area contributed by atoms with Crippen molar-refractivity contribution < 1.29 is 9.53 Å². The predicted molar refractivity (Wildman–Crippen MR) is 114 cm³/mol. The third kappa shape index (κ3) is 4.60. The summed E-state index contributed by atoms with van der Waals surface area (Å²) in [5.74, 6) is 2.77. The van der Waals surface area contributed by atoms with E-state index in [2.05, 4.69) is 32.1 Å². The molecule has 2 aromatic rings. The molecule has 0 saturated carbocycles. The average Bonchev–Trinajstić information content (AvgIpc) is 2.80. The summed E-state index contributed by atoms with van der Waals surface area (Å²) < 4.78 is 5.36. The second-order valence-corrected chi connectivity index (χ2v) is 7.65. The second kappa shape index (κ2) is 9.11. The summed E-state index contributed by atoms with van der Waals surface area (Å²) in [7, 11) is 1.64. The molecule has 0 bridgehead atoms. The lowest BCUT2D eigenvalue weighted by Crippen LogP contribution is -2.49. The van der Waals surface area contributed by atoms with E-state index < -0.39 is 0 Å². The van der Waals surface area contributed by atoms with Crippen molar-refractivity contribution >= 4 is 17.5 Å². The molecule has 2 saturated heterocycles. The van der Waals surface area contributed by atoms with Crippen molar-refractivity contribution in [3.8, 4) is 5.75 Å². The zero-order valence-corrected chi connectivity index (χ0v) is 17.1. The highest BCUT2D eigenvalue weighted by atomic mass is 16.5. The first kappa shape index (κ1) is 19.5. The van der Waals surface area contributed by atoms with Gasteiger partial charge in [0.25, 0.3) is 0 Å². The zero-order valence-electron chi connectivity index (χ0n) is 17.1. The fourth-order valence-electron chi connectivity index (χ4n) is 4.09. The van der Waals surface area contributed by atoms with Crippen LogP contribution in [0.4, 0.5) is 11.6 Å². The van der Waals surface area contributed by atoms with E-state index in [9.17, 15) is 4.79 Å². The number of carbonyl (C=O) groups excluding carboxylic acids is 1. The van der Waals surface area contributed by atoms with Crippen LogP contribution in [0.1, 0.15) is 24.8 Å². The van der Waals surface area contributed by atoms with E-state index in [1.54, 1.807) is 7.11 Å². The van der Waals surface area contributed by atoms with E-state index in [-0.39, 0.29) is 5.91 Å². The number of hydrogen-bond acceptors (Lipinski definition) is 6. The monoisotopic (exact) mass is 395 g/mol. The molecule has 29 heavy (non-hydrogen) atoms. The maximum absolute atomic E-state index is 12.7. The van der Waals surface area contributed by atoms with Crippen molar-refractivity contribution in [2.75, 3.05) is 56.2 Å². The van der Waals surface area contributed by atoms with Gasteiger partial charge in [-0.3, -0.25) is 4.79 Å². The van der Waals surface area contributed by atoms with Crippen LogP contribution in [0.25, 0.3) is 0 Å². The van der Waals surface area contributed by atoms with Gasteiger partial charge in [0, 0.05) is 44.8 Å². The number of rotatable bonds is 5. The summed E-state index contributed by atoms with van der Waals surface area (Å²) in [5.41, 5.74) is 0.932. The third-order valence-corrected chi connectivity index (χ3v) is 5.81. The Hall–Kier alpha value is -2.83. The molecule has 7 heteroatoms. The third-order valence-electron chi connectivity index (χ3n) is 5.81. The number of piperidine rings is 1. The van der Waals surface area contributed by atoms with Crippen molar-refractivity contribution in [2.45, 2.75) is 25.7 Å². The number of aromatic nitrogens is 2. The smallest absolute Gasteiger partial charge is 0.227 e. The van der Waals surface area contributed by atoms with Crippen molar-refractivity contribution in [2.24, 2.45) is 0 Å². The van der Waals surface area contributed by atoms with Crippen LogP contribution in [0.15, 0.2) is 36.4 Å². The number of carbonyl (C=O) groups is 1. The highest BCUT2D eigenvalue weighted by Gasteiger charge is 2.23. The van der Waals surface area contributed by atoms with E-state index in [0.29, 0.717) is 19.5 Å². The quantitative estimate of drug-likeness (QED) is 0.775. The summed E-state index contributed by atoms with van der Waals surface area (Å²) in [5, 5.41) is 8.90. The Kier molecular flexibility index (Phi) is 6.12. The molecular weight excluding hydrogens is 366 g/mol. The molecule has 0 spiro atoms. The molecule has 7 nitrogen and oxygen atoms in total. The van der Waals surface area contributed by atoms with Gasteiger partial charge in [0.2, 0.25) is 5.91 Å². The Bertz CT molecular complexity index is 812. The molecular formula is C22H29N5O2. The van der Waals surface area contributed by atoms with Crippen LogP contribution < -0.4 is 14.5 Å². The fourth-order valence-corrected chi connectivity index (χ4v) is 4.09. The van der Waals surface area contributed by atoms with Gasteiger partial charge in [0.1, 0.15) is 5.75 Å². The molecule has 1 amide bonds. The molecule has 2 aliphatic heterocycles. The van der Waals surface area contributed by atoms with Crippen LogP contribution in [0, 0.1) is 0 Å². The number of piperazine rings is 1. The van der Waals surface area contributed by atoms with Crippen molar-refractivity contribution in [3.05, 3.63) is 42.0 Å². The summed E-state index contributed by atoms with van der Waals surface area (Å²) in [4.78, 5) is 19.2. The minimum atomic E-state index is 0.140. The molecule has 0 atom stereocenters. The fraction of sp³-hybridized carbons (Fsp3) is 0.500. The van der Waals surface area contributed by atoms with Gasteiger partial charge >= 0.3 is 0 Å². The van der Waals surface area contributed by atoms with E-state index in [1.807, 2.05) is 29.2 Å². The van der Waals surface area contributed by atoms with Crippen molar-refractivity contribution in [1.82, 2.24) is 15.1 Å². The first-order valence-electron chi connectivity index (χ1n) is 10.5. The van der Waals surface area contributed by atoms with Crippen LogP contribution in [0.3, 0.4) is 0 Å². The maximum atomic E-state index is 12.7. The topological polar surface area (TPSA) is 61.8 Å². The molecule has 3 heterocycles. The standard InChI is InChI=1S/C22H29N5O2/c1-29-19-8-4-3-7-18(19)17-22(28)27-15-13-26(14-16-27)21-10-9-20(23-24-21)25-11-5-2-6-12-25/h3-4,7-10H,2,5-6,11-17H2,1H3. The number of methoxy groups -OCH3 is 1. The number of anilines is 2. The van der Waals surface area contributed by atoms with Crippen LogP contribution in [-0.2, 0) is 11.2 Å². The lowest BCUT2D eigenvalue weighted by Gasteiger charge is -2.35. The maximum Gasteiger partial charge on any atom is 0.227 e. The molecule has 0 aliphatic carbocycles. The predicted octanol–water partition coefficient (Wildman–Crippen LogP) is 2.37. The molecule has 4 rings (SSSR count). The highest BCUT2D eigenvalue weighted by molar-refractivity contribution is 5.79. The Labute approximate surface area is 172 Å². The Morgan fingerprint density at radius 1 is 0.862 bits per heavy atom. The summed E-state index contributed by atoms with van der Waals surface area (Å²) in [6, 6.07) is 11.8. The lowest BCUT2D eigenvalue weighted by molar-refractivity contribution is -0.130. The van der Waals surface area contributed by atoms with Gasteiger partial charge in [0.15, 0.2) is 11.6 Å². The number of nitrogens with zero attached hydrogens (tertiary/aromatic N) is 5. The molecule has 0 unspecified atom stereocenters. The molecule has 154 valence electrons. The van der Waals surface area contributed by atoms with E-state index in [4.69, 9.17) is 4.74 Å². The number of para-hydroxylation sites is 1. The van der Waals surface area contributed by atoms with Gasteiger partial charge in [-0.2, -0.15) is 0 Å². The SMILES string of the molecule is COc1ccccc1CC(=O)N1CCN(c2ccc(N3CCCCC3)nn2)CC1. The first-order chi connectivity index (χ1) is 14.2. The number of hydrogen-bond donors (Lipinski definition) is 0. The summed E-state index contributed by atoms with van der Waals surface area (Å²) in [6.07, 6.45) is 4.14. The summed E-state index contributed by atoms with van der Waals surface area (Å²) >= 11 is 0. The van der Waals surface area contributed by atoms with E-state index in [0.717, 1.165) is 49.1 Å². The van der Waals surface area contributed by atoms with Crippen LogP contribution in [0.5, 0.6) is 5.75 Å². The van der Waals surface area contributed by atoms with Gasteiger partial charge < -0.3 is 19.4 Å². The largest absolute Gasteiger partial charge is 0.496 e. The van der Waals surface area contributed by atoms with Crippen LogP contribution in [-0.4, -0.2) is 67.4 Å². The highest BCUT2D eigenvalue weighted by Crippen LogP contribution is 2.21. The number of amides is 1. The van der Waals surface area contributed by atoms with Gasteiger partial charge in [0.05, 0.1) is 13.5 Å². The van der Waals surface area contributed by atoms with Crippen LogP contribution in [0.2, 0.25) is 0 Å². The minimum Gasteiger partial charge on any atom is -0.496 e. The minimum absolute atomic E-state index is 0.140. The Morgan fingerprint density at radius 3 is 2.10 bits per heavy atom. The van der Waals surface area contributed by atoms with E-state index >= 15 is 0 Å². The molecule has 2 aliphatic rings. The molecule has 2 fully saturated rings. The Balaban J connectivity index is 1.31. The lowest BCUT2D eigenvalue weighted by atomic mass is 10.1. The number of ether oxygens (including phenoxy) is 1. The first-order valence-corrected chi connectivity index (χ1v) is 10.5.